The second kappa shape index (κ2) is 7.51. The molecule has 2 heterocycles. The van der Waals surface area contributed by atoms with Crippen LogP contribution in [0.15, 0.2) is 54.9 Å². The van der Waals surface area contributed by atoms with E-state index in [1.807, 2.05) is 30.6 Å². The maximum Gasteiger partial charge on any atom is 0.165 e. The van der Waals surface area contributed by atoms with Gasteiger partial charge in [0.25, 0.3) is 0 Å². The average Bonchev–Trinajstić information content (AvgIpc) is 3.01. The van der Waals surface area contributed by atoms with E-state index < -0.39 is 0 Å². The molecule has 27 heavy (non-hydrogen) atoms. The molecule has 0 saturated heterocycles. The number of aromatic nitrogens is 2. The van der Waals surface area contributed by atoms with Crippen LogP contribution in [0.3, 0.4) is 0 Å². The summed E-state index contributed by atoms with van der Waals surface area (Å²) in [6.45, 7) is 4.47. The molecule has 0 spiro atoms. The van der Waals surface area contributed by atoms with Crippen LogP contribution < -0.4 is 0 Å². The lowest BCUT2D eigenvalue weighted by atomic mass is 9.80. The number of pyridine rings is 1. The van der Waals surface area contributed by atoms with Gasteiger partial charge in [0, 0.05) is 42.1 Å². The molecule has 1 aliphatic rings. The highest BCUT2D eigenvalue weighted by molar-refractivity contribution is 6.01. The van der Waals surface area contributed by atoms with Crippen molar-refractivity contribution in [3.8, 4) is 11.3 Å². The fourth-order valence-electron chi connectivity index (χ4n) is 4.39. The standard InChI is InChI=1S/C24H26N2O/c1-16(2)12-18-14-21-23(22(27)15-18)20(13-17-6-4-3-5-7-17)24(26-21)19-8-10-25-11-9-19/h3-11,16,18,26H,12-15H2,1-2H3. The van der Waals surface area contributed by atoms with E-state index in [1.54, 1.807) is 0 Å². The largest absolute Gasteiger partial charge is 0.358 e. The highest BCUT2D eigenvalue weighted by Gasteiger charge is 2.31. The van der Waals surface area contributed by atoms with E-state index in [9.17, 15) is 4.79 Å². The zero-order valence-electron chi connectivity index (χ0n) is 16.0. The zero-order valence-corrected chi connectivity index (χ0v) is 16.0. The van der Waals surface area contributed by atoms with E-state index in [0.717, 1.165) is 47.3 Å². The minimum absolute atomic E-state index is 0.296. The minimum atomic E-state index is 0.296. The van der Waals surface area contributed by atoms with Gasteiger partial charge in [-0.15, -0.1) is 0 Å². The smallest absolute Gasteiger partial charge is 0.165 e. The second-order valence-corrected chi connectivity index (χ2v) is 8.06. The molecule has 1 N–H and O–H groups in total. The maximum absolute atomic E-state index is 13.1. The Hall–Kier alpha value is -2.68. The molecule has 0 radical (unpaired) electrons. The first kappa shape index (κ1) is 17.7. The van der Waals surface area contributed by atoms with E-state index in [4.69, 9.17) is 0 Å². The molecule has 0 fully saturated rings. The number of hydrogen-bond donors (Lipinski definition) is 1. The van der Waals surface area contributed by atoms with Gasteiger partial charge in [0.15, 0.2) is 5.78 Å². The fraction of sp³-hybridized carbons (Fsp3) is 0.333. The lowest BCUT2D eigenvalue weighted by molar-refractivity contribution is 0.0941. The zero-order chi connectivity index (χ0) is 18.8. The molecular formula is C24H26N2O. The van der Waals surface area contributed by atoms with Gasteiger partial charge in [-0.1, -0.05) is 44.2 Å². The van der Waals surface area contributed by atoms with Gasteiger partial charge in [-0.2, -0.15) is 0 Å². The van der Waals surface area contributed by atoms with Crippen LogP contribution in [0, 0.1) is 11.8 Å². The summed E-state index contributed by atoms with van der Waals surface area (Å²) in [5, 5.41) is 0. The molecule has 0 amide bonds. The summed E-state index contributed by atoms with van der Waals surface area (Å²) in [6, 6.07) is 14.4. The van der Waals surface area contributed by atoms with Gasteiger partial charge in [0.05, 0.1) is 5.69 Å². The molecule has 3 aromatic rings. The SMILES string of the molecule is CC(C)CC1CC(=O)c2c([nH]c(-c3ccncc3)c2Cc2ccccc2)C1. The van der Waals surface area contributed by atoms with Crippen molar-refractivity contribution in [3.63, 3.8) is 0 Å². The number of H-pyrrole nitrogens is 1. The number of carbonyl (C=O) groups is 1. The van der Waals surface area contributed by atoms with Crippen molar-refractivity contribution in [3.05, 3.63) is 77.2 Å². The van der Waals surface area contributed by atoms with E-state index in [-0.39, 0.29) is 0 Å². The Labute approximate surface area is 160 Å². The van der Waals surface area contributed by atoms with Crippen molar-refractivity contribution in [2.45, 2.75) is 39.5 Å². The summed E-state index contributed by atoms with van der Waals surface area (Å²) in [5.41, 5.74) is 6.59. The number of benzene rings is 1. The Morgan fingerprint density at radius 2 is 1.81 bits per heavy atom. The highest BCUT2D eigenvalue weighted by Crippen LogP contribution is 2.37. The Balaban J connectivity index is 1.79. The van der Waals surface area contributed by atoms with Crippen LogP contribution in [0.4, 0.5) is 0 Å². The van der Waals surface area contributed by atoms with Crippen LogP contribution >= 0.6 is 0 Å². The number of nitrogens with zero attached hydrogens (tertiary/aromatic N) is 1. The molecule has 0 saturated carbocycles. The average molecular weight is 358 g/mol. The van der Waals surface area contributed by atoms with Crippen LogP contribution in [0.25, 0.3) is 11.3 Å². The molecule has 3 nitrogen and oxygen atoms in total. The Bertz CT molecular complexity index is 926. The summed E-state index contributed by atoms with van der Waals surface area (Å²) in [6.07, 6.45) is 7.12. The maximum atomic E-state index is 13.1. The normalized spacial score (nSPS) is 16.6. The lowest BCUT2D eigenvalue weighted by Crippen LogP contribution is -2.21. The predicted molar refractivity (Wildman–Crippen MR) is 109 cm³/mol. The van der Waals surface area contributed by atoms with Crippen LogP contribution in [0.5, 0.6) is 0 Å². The third-order valence-corrected chi connectivity index (χ3v) is 5.42. The topological polar surface area (TPSA) is 45.8 Å². The van der Waals surface area contributed by atoms with E-state index >= 15 is 0 Å². The number of nitrogens with one attached hydrogen (secondary N) is 1. The molecule has 3 heteroatoms. The Morgan fingerprint density at radius 1 is 1.07 bits per heavy atom. The van der Waals surface area contributed by atoms with Crippen molar-refractivity contribution in [1.29, 1.82) is 0 Å². The predicted octanol–water partition coefficient (Wildman–Crippen LogP) is 5.46. The summed E-state index contributed by atoms with van der Waals surface area (Å²) >= 11 is 0. The van der Waals surface area contributed by atoms with Crippen molar-refractivity contribution < 1.29 is 4.79 Å². The molecule has 4 rings (SSSR count). The van der Waals surface area contributed by atoms with Crippen molar-refractivity contribution in [2.75, 3.05) is 0 Å². The number of rotatable bonds is 5. The van der Waals surface area contributed by atoms with Crippen LogP contribution in [-0.2, 0) is 12.8 Å². The van der Waals surface area contributed by atoms with Crippen molar-refractivity contribution >= 4 is 5.78 Å². The summed E-state index contributed by atoms with van der Waals surface area (Å²) in [4.78, 5) is 20.9. The molecule has 138 valence electrons. The quantitative estimate of drug-likeness (QED) is 0.658. The van der Waals surface area contributed by atoms with Gasteiger partial charge in [-0.3, -0.25) is 9.78 Å². The molecule has 1 atom stereocenters. The highest BCUT2D eigenvalue weighted by atomic mass is 16.1. The molecule has 0 bridgehead atoms. The van der Waals surface area contributed by atoms with E-state index in [1.165, 1.54) is 5.56 Å². The number of aromatic amines is 1. The van der Waals surface area contributed by atoms with Gasteiger partial charge in [-0.05, 0) is 47.9 Å². The fourth-order valence-corrected chi connectivity index (χ4v) is 4.39. The minimum Gasteiger partial charge on any atom is -0.358 e. The number of fused-ring (bicyclic) bond motifs is 1. The first-order valence-corrected chi connectivity index (χ1v) is 9.83. The Morgan fingerprint density at radius 3 is 2.52 bits per heavy atom. The van der Waals surface area contributed by atoms with Crippen molar-refractivity contribution in [2.24, 2.45) is 11.8 Å². The van der Waals surface area contributed by atoms with Gasteiger partial charge in [-0.25, -0.2) is 0 Å². The number of ketones is 1. The van der Waals surface area contributed by atoms with Crippen LogP contribution in [-0.4, -0.2) is 15.8 Å². The Kier molecular flexibility index (Phi) is 4.93. The van der Waals surface area contributed by atoms with Crippen LogP contribution in [0.2, 0.25) is 0 Å². The molecule has 0 aliphatic heterocycles. The second-order valence-electron chi connectivity index (χ2n) is 8.06. The third-order valence-electron chi connectivity index (χ3n) is 5.42. The first-order valence-electron chi connectivity index (χ1n) is 9.83. The number of hydrogen-bond acceptors (Lipinski definition) is 2. The van der Waals surface area contributed by atoms with Crippen molar-refractivity contribution in [1.82, 2.24) is 9.97 Å². The molecule has 1 aromatic carbocycles. The third kappa shape index (κ3) is 3.73. The van der Waals surface area contributed by atoms with E-state index in [2.05, 4.69) is 48.1 Å². The summed E-state index contributed by atoms with van der Waals surface area (Å²) in [5.74, 6) is 1.35. The molecule has 1 unspecified atom stereocenters. The summed E-state index contributed by atoms with van der Waals surface area (Å²) < 4.78 is 0. The molecular weight excluding hydrogens is 332 g/mol. The van der Waals surface area contributed by atoms with Gasteiger partial charge in [0.2, 0.25) is 0 Å². The summed E-state index contributed by atoms with van der Waals surface area (Å²) in [7, 11) is 0. The number of Topliss-reactive ketones (excluding diaryl/α,β-unsaturated/α-hetero) is 1. The molecule has 2 aromatic heterocycles. The van der Waals surface area contributed by atoms with Gasteiger partial charge in [0.1, 0.15) is 0 Å². The van der Waals surface area contributed by atoms with Gasteiger partial charge >= 0.3 is 0 Å². The monoisotopic (exact) mass is 358 g/mol. The molecule has 1 aliphatic carbocycles. The number of carbonyl (C=O) groups excluding carboxylic acids is 1. The van der Waals surface area contributed by atoms with E-state index in [0.29, 0.717) is 24.0 Å². The van der Waals surface area contributed by atoms with Gasteiger partial charge < -0.3 is 4.98 Å². The lowest BCUT2D eigenvalue weighted by Gasteiger charge is -2.23. The first-order chi connectivity index (χ1) is 13.1. The van der Waals surface area contributed by atoms with Crippen LogP contribution in [0.1, 0.15) is 53.9 Å².